The maximum absolute atomic E-state index is 11.9. The molecule has 2 amide bonds. The van der Waals surface area contributed by atoms with Crippen molar-refractivity contribution in [2.45, 2.75) is 39.7 Å². The minimum absolute atomic E-state index is 0.199. The van der Waals surface area contributed by atoms with Crippen LogP contribution in [0.4, 0.5) is 4.79 Å². The zero-order valence-corrected chi connectivity index (χ0v) is 12.1. The van der Waals surface area contributed by atoms with E-state index in [1.54, 1.807) is 4.90 Å². The van der Waals surface area contributed by atoms with Crippen LogP contribution in [0.3, 0.4) is 0 Å². The summed E-state index contributed by atoms with van der Waals surface area (Å²) in [6, 6.07) is 0. The van der Waals surface area contributed by atoms with E-state index >= 15 is 0 Å². The van der Waals surface area contributed by atoms with E-state index in [1.807, 2.05) is 33.8 Å². The number of carbonyl (C=O) groups is 2. The molecule has 0 atom stereocenters. The van der Waals surface area contributed by atoms with Crippen molar-refractivity contribution in [1.29, 1.82) is 0 Å². The van der Waals surface area contributed by atoms with Crippen LogP contribution >= 0.6 is 0 Å². The monoisotopic (exact) mass is 269 g/mol. The summed E-state index contributed by atoms with van der Waals surface area (Å²) in [7, 11) is 0. The Balaban J connectivity index is 2.56. The molecule has 1 heterocycles. The van der Waals surface area contributed by atoms with Crippen LogP contribution < -0.4 is 10.9 Å². The van der Waals surface area contributed by atoms with Crippen LogP contribution in [0.5, 0.6) is 0 Å². The van der Waals surface area contributed by atoms with Gasteiger partial charge < -0.3 is 9.64 Å². The number of hydrogen-bond donors (Lipinski definition) is 2. The van der Waals surface area contributed by atoms with Gasteiger partial charge in [0.05, 0.1) is 6.54 Å². The molecule has 0 aromatic heterocycles. The number of nitrogens with zero attached hydrogens (tertiary/aromatic N) is 1. The van der Waals surface area contributed by atoms with Gasteiger partial charge in [-0.05, 0) is 27.2 Å². The molecule has 0 unspecified atom stereocenters. The smallest absolute Gasteiger partial charge is 0.410 e. The summed E-state index contributed by atoms with van der Waals surface area (Å²) in [6.07, 6.45) is 2.14. The standard InChI is InChI=1S/C13H23N3O3/c1-5-14-15-11(17)10-7-6-8-16(9-10)12(18)19-13(2,3)4/h7,14H,5-6,8-9H2,1-4H3,(H,15,17). The second-order valence-electron chi connectivity index (χ2n) is 5.40. The molecule has 0 bridgehead atoms. The van der Waals surface area contributed by atoms with E-state index in [0.29, 0.717) is 25.1 Å². The Morgan fingerprint density at radius 2 is 2.11 bits per heavy atom. The van der Waals surface area contributed by atoms with Gasteiger partial charge in [0.25, 0.3) is 5.91 Å². The Labute approximate surface area is 114 Å². The first-order chi connectivity index (χ1) is 8.83. The highest BCUT2D eigenvalue weighted by molar-refractivity contribution is 5.94. The first kappa shape index (κ1) is 15.5. The van der Waals surface area contributed by atoms with Gasteiger partial charge in [-0.1, -0.05) is 13.0 Å². The average molecular weight is 269 g/mol. The van der Waals surface area contributed by atoms with Crippen LogP contribution in [0.2, 0.25) is 0 Å². The van der Waals surface area contributed by atoms with E-state index in [1.165, 1.54) is 0 Å². The van der Waals surface area contributed by atoms with Gasteiger partial charge in [0.2, 0.25) is 0 Å². The molecule has 0 aromatic carbocycles. The maximum Gasteiger partial charge on any atom is 0.410 e. The van der Waals surface area contributed by atoms with Crippen molar-refractivity contribution < 1.29 is 14.3 Å². The Morgan fingerprint density at radius 1 is 1.42 bits per heavy atom. The predicted molar refractivity (Wildman–Crippen MR) is 72.3 cm³/mol. The molecule has 0 saturated carbocycles. The lowest BCUT2D eigenvalue weighted by atomic mass is 10.1. The van der Waals surface area contributed by atoms with Gasteiger partial charge in [-0.15, -0.1) is 0 Å². The highest BCUT2D eigenvalue weighted by Gasteiger charge is 2.26. The van der Waals surface area contributed by atoms with Crippen LogP contribution in [0.25, 0.3) is 0 Å². The zero-order valence-electron chi connectivity index (χ0n) is 12.1. The number of nitrogens with one attached hydrogen (secondary N) is 2. The maximum atomic E-state index is 11.9. The number of amides is 2. The first-order valence-electron chi connectivity index (χ1n) is 6.53. The summed E-state index contributed by atoms with van der Waals surface area (Å²) in [4.78, 5) is 25.3. The fraction of sp³-hybridized carbons (Fsp3) is 0.692. The highest BCUT2D eigenvalue weighted by atomic mass is 16.6. The molecule has 2 N–H and O–H groups in total. The lowest BCUT2D eigenvalue weighted by Gasteiger charge is -2.29. The summed E-state index contributed by atoms with van der Waals surface area (Å²) in [5.41, 5.74) is 5.38. The fourth-order valence-electron chi connectivity index (χ4n) is 1.64. The van der Waals surface area contributed by atoms with Crippen molar-refractivity contribution in [2.24, 2.45) is 0 Å². The summed E-state index contributed by atoms with van der Waals surface area (Å²) in [5, 5.41) is 0. The number of rotatable bonds is 3. The van der Waals surface area contributed by atoms with Crippen LogP contribution in [0.15, 0.2) is 11.6 Å². The Morgan fingerprint density at radius 3 is 2.68 bits per heavy atom. The summed E-state index contributed by atoms with van der Waals surface area (Å²) in [5.74, 6) is -0.199. The molecular weight excluding hydrogens is 246 g/mol. The van der Waals surface area contributed by atoms with Crippen LogP contribution in [0, 0.1) is 0 Å². The molecule has 108 valence electrons. The van der Waals surface area contributed by atoms with E-state index in [-0.39, 0.29) is 18.5 Å². The molecule has 6 nitrogen and oxygen atoms in total. The van der Waals surface area contributed by atoms with E-state index in [0.717, 1.165) is 0 Å². The highest BCUT2D eigenvalue weighted by Crippen LogP contribution is 2.15. The van der Waals surface area contributed by atoms with Gasteiger partial charge in [-0.25, -0.2) is 10.2 Å². The van der Waals surface area contributed by atoms with Crippen molar-refractivity contribution in [3.63, 3.8) is 0 Å². The second-order valence-corrected chi connectivity index (χ2v) is 5.40. The normalized spacial score (nSPS) is 15.8. The quantitative estimate of drug-likeness (QED) is 0.755. The third kappa shape index (κ3) is 5.30. The van der Waals surface area contributed by atoms with Crippen molar-refractivity contribution in [3.05, 3.63) is 11.6 Å². The third-order valence-corrected chi connectivity index (χ3v) is 2.47. The van der Waals surface area contributed by atoms with E-state index < -0.39 is 5.60 Å². The molecule has 19 heavy (non-hydrogen) atoms. The van der Waals surface area contributed by atoms with Gasteiger partial charge >= 0.3 is 6.09 Å². The number of ether oxygens (including phenoxy) is 1. The SMILES string of the molecule is CCNNC(=O)C1=CCCN(C(=O)OC(C)(C)C)C1. The molecule has 6 heteroatoms. The number of hydrazine groups is 1. The van der Waals surface area contributed by atoms with E-state index in [4.69, 9.17) is 4.74 Å². The van der Waals surface area contributed by atoms with Crippen molar-refractivity contribution in [2.75, 3.05) is 19.6 Å². The number of hydrogen-bond acceptors (Lipinski definition) is 4. The van der Waals surface area contributed by atoms with Gasteiger partial charge in [0.1, 0.15) is 5.60 Å². The topological polar surface area (TPSA) is 70.7 Å². The Kier molecular flexibility index (Phi) is 5.35. The third-order valence-electron chi connectivity index (χ3n) is 2.47. The molecule has 0 saturated heterocycles. The second kappa shape index (κ2) is 6.56. The first-order valence-corrected chi connectivity index (χ1v) is 6.53. The van der Waals surface area contributed by atoms with Crippen molar-refractivity contribution in [3.8, 4) is 0 Å². The fourth-order valence-corrected chi connectivity index (χ4v) is 1.64. The van der Waals surface area contributed by atoms with Gasteiger partial charge in [0.15, 0.2) is 0 Å². The van der Waals surface area contributed by atoms with Crippen molar-refractivity contribution >= 4 is 12.0 Å². The molecule has 0 fully saturated rings. The predicted octanol–water partition coefficient (Wildman–Crippen LogP) is 1.19. The van der Waals surface area contributed by atoms with Crippen molar-refractivity contribution in [1.82, 2.24) is 15.8 Å². The summed E-state index contributed by atoms with van der Waals surface area (Å²) >= 11 is 0. The van der Waals surface area contributed by atoms with Crippen LogP contribution in [-0.2, 0) is 9.53 Å². The van der Waals surface area contributed by atoms with E-state index in [9.17, 15) is 9.59 Å². The summed E-state index contributed by atoms with van der Waals surface area (Å²) in [6.45, 7) is 8.87. The van der Waals surface area contributed by atoms with Crippen LogP contribution in [0.1, 0.15) is 34.1 Å². The zero-order chi connectivity index (χ0) is 14.5. The van der Waals surface area contributed by atoms with Gasteiger partial charge in [-0.3, -0.25) is 10.2 Å². The van der Waals surface area contributed by atoms with Crippen LogP contribution in [-0.4, -0.2) is 42.1 Å². The van der Waals surface area contributed by atoms with E-state index in [2.05, 4.69) is 10.9 Å². The largest absolute Gasteiger partial charge is 0.444 e. The molecule has 1 aliphatic heterocycles. The van der Waals surface area contributed by atoms with Gasteiger partial charge in [0, 0.05) is 18.7 Å². The minimum Gasteiger partial charge on any atom is -0.444 e. The number of carbonyl (C=O) groups excluding carboxylic acids is 2. The average Bonchev–Trinajstić information content (AvgIpc) is 2.34. The molecule has 1 aliphatic rings. The summed E-state index contributed by atoms with van der Waals surface area (Å²) < 4.78 is 5.30. The molecule has 0 aliphatic carbocycles. The molecule has 0 spiro atoms. The molecular formula is C13H23N3O3. The lowest BCUT2D eigenvalue weighted by molar-refractivity contribution is -0.118. The van der Waals surface area contributed by atoms with Gasteiger partial charge in [-0.2, -0.15) is 0 Å². The Bertz CT molecular complexity index is 372. The Hall–Kier alpha value is -1.56. The molecule has 0 radical (unpaired) electrons. The minimum atomic E-state index is -0.523. The molecule has 0 aromatic rings. The lowest BCUT2D eigenvalue weighted by Crippen LogP contribution is -2.45. The molecule has 1 rings (SSSR count).